The Hall–Kier alpha value is -1.06. The Kier molecular flexibility index (Phi) is 7.20. The lowest BCUT2D eigenvalue weighted by molar-refractivity contribution is -0.122. The summed E-state index contributed by atoms with van der Waals surface area (Å²) in [6.07, 6.45) is 6.49. The molecule has 0 radical (unpaired) electrons. The van der Waals surface area contributed by atoms with Crippen LogP contribution in [-0.4, -0.2) is 18.5 Å². The fourth-order valence-electron chi connectivity index (χ4n) is 3.24. The predicted molar refractivity (Wildman–Crippen MR) is 89.7 cm³/mol. The molecule has 1 aliphatic rings. The van der Waals surface area contributed by atoms with Gasteiger partial charge in [0, 0.05) is 12.0 Å². The van der Waals surface area contributed by atoms with Crippen LogP contribution in [0.25, 0.3) is 0 Å². The molecule has 3 nitrogen and oxygen atoms in total. The summed E-state index contributed by atoms with van der Waals surface area (Å²) in [6, 6.07) is 10.2. The van der Waals surface area contributed by atoms with E-state index in [1.54, 1.807) is 0 Å². The van der Waals surface area contributed by atoms with Gasteiger partial charge < -0.3 is 11.1 Å². The van der Waals surface area contributed by atoms with E-state index in [1.165, 1.54) is 18.4 Å². The van der Waals surface area contributed by atoms with Gasteiger partial charge in [0.15, 0.2) is 0 Å². The SMILES string of the molecule is CCCC(N)C(=O)NCC1(c2ccccc2)CCCC1.Cl. The van der Waals surface area contributed by atoms with E-state index in [4.69, 9.17) is 5.73 Å². The topological polar surface area (TPSA) is 55.1 Å². The lowest BCUT2D eigenvalue weighted by Crippen LogP contribution is -2.46. The average Bonchev–Trinajstić information content (AvgIpc) is 2.96. The van der Waals surface area contributed by atoms with E-state index in [0.29, 0.717) is 6.54 Å². The number of amides is 1. The molecule has 0 aliphatic heterocycles. The van der Waals surface area contributed by atoms with E-state index in [-0.39, 0.29) is 29.8 Å². The highest BCUT2D eigenvalue weighted by Crippen LogP contribution is 2.40. The second-order valence-corrected chi connectivity index (χ2v) is 5.97. The van der Waals surface area contributed by atoms with Gasteiger partial charge in [0.1, 0.15) is 0 Å². The van der Waals surface area contributed by atoms with Crippen molar-refractivity contribution in [3.63, 3.8) is 0 Å². The standard InChI is InChI=1S/C17H26N2O.ClH/c1-2-8-15(18)16(20)19-13-17(11-6-7-12-17)14-9-4-3-5-10-14;/h3-5,9-10,15H,2,6-8,11-13,18H2,1H3,(H,19,20);1H. The van der Waals surface area contributed by atoms with Crippen LogP contribution in [0.1, 0.15) is 51.0 Å². The minimum absolute atomic E-state index is 0. The summed E-state index contributed by atoms with van der Waals surface area (Å²) in [5.41, 5.74) is 7.35. The van der Waals surface area contributed by atoms with Crippen molar-refractivity contribution in [1.29, 1.82) is 0 Å². The lowest BCUT2D eigenvalue weighted by atomic mass is 9.79. The summed E-state index contributed by atoms with van der Waals surface area (Å²) in [5, 5.41) is 3.08. The largest absolute Gasteiger partial charge is 0.354 e. The molecule has 1 saturated carbocycles. The highest BCUT2D eigenvalue weighted by Gasteiger charge is 2.35. The van der Waals surface area contributed by atoms with Crippen LogP contribution < -0.4 is 11.1 Å². The number of hydrogen-bond donors (Lipinski definition) is 2. The molecule has 1 amide bonds. The third kappa shape index (κ3) is 4.45. The molecule has 118 valence electrons. The van der Waals surface area contributed by atoms with Crippen molar-refractivity contribution < 1.29 is 4.79 Å². The van der Waals surface area contributed by atoms with Gasteiger partial charge in [-0.05, 0) is 24.8 Å². The summed E-state index contributed by atoms with van der Waals surface area (Å²) in [5.74, 6) is -0.00550. The maximum Gasteiger partial charge on any atom is 0.236 e. The van der Waals surface area contributed by atoms with Crippen molar-refractivity contribution in [2.24, 2.45) is 5.73 Å². The van der Waals surface area contributed by atoms with Crippen LogP contribution in [0.5, 0.6) is 0 Å². The van der Waals surface area contributed by atoms with Crippen LogP contribution in [0.15, 0.2) is 30.3 Å². The Bertz CT molecular complexity index is 430. The van der Waals surface area contributed by atoms with Gasteiger partial charge in [-0.3, -0.25) is 4.79 Å². The van der Waals surface area contributed by atoms with Crippen molar-refractivity contribution in [2.45, 2.75) is 56.9 Å². The lowest BCUT2D eigenvalue weighted by Gasteiger charge is -2.30. The molecule has 21 heavy (non-hydrogen) atoms. The van der Waals surface area contributed by atoms with Gasteiger partial charge in [-0.15, -0.1) is 12.4 Å². The van der Waals surface area contributed by atoms with Crippen LogP contribution in [0.4, 0.5) is 0 Å². The second kappa shape index (κ2) is 8.40. The molecule has 0 spiro atoms. The number of nitrogens with two attached hydrogens (primary N) is 1. The number of carbonyl (C=O) groups excluding carboxylic acids is 1. The fourth-order valence-corrected chi connectivity index (χ4v) is 3.24. The highest BCUT2D eigenvalue weighted by atomic mass is 35.5. The van der Waals surface area contributed by atoms with Crippen molar-refractivity contribution in [1.82, 2.24) is 5.32 Å². The van der Waals surface area contributed by atoms with E-state index >= 15 is 0 Å². The van der Waals surface area contributed by atoms with Crippen molar-refractivity contribution >= 4 is 18.3 Å². The molecular weight excluding hydrogens is 284 g/mol. The minimum atomic E-state index is -0.366. The average molecular weight is 311 g/mol. The zero-order valence-corrected chi connectivity index (χ0v) is 13.6. The monoisotopic (exact) mass is 310 g/mol. The molecule has 1 fully saturated rings. The summed E-state index contributed by atoms with van der Waals surface area (Å²) in [4.78, 5) is 12.0. The first-order valence-electron chi connectivity index (χ1n) is 7.77. The zero-order chi connectivity index (χ0) is 14.4. The first-order valence-corrected chi connectivity index (χ1v) is 7.77. The Labute approximate surface area is 134 Å². The van der Waals surface area contributed by atoms with Crippen LogP contribution in [0.3, 0.4) is 0 Å². The molecule has 4 heteroatoms. The third-order valence-electron chi connectivity index (χ3n) is 4.48. The van der Waals surface area contributed by atoms with Gasteiger partial charge in [-0.25, -0.2) is 0 Å². The first-order chi connectivity index (χ1) is 9.68. The van der Waals surface area contributed by atoms with Crippen LogP contribution >= 0.6 is 12.4 Å². The molecule has 0 bridgehead atoms. The third-order valence-corrected chi connectivity index (χ3v) is 4.48. The van der Waals surface area contributed by atoms with Gasteiger partial charge in [0.05, 0.1) is 6.04 Å². The number of benzene rings is 1. The van der Waals surface area contributed by atoms with Crippen LogP contribution in [-0.2, 0) is 10.2 Å². The normalized spacial score (nSPS) is 17.8. The molecule has 1 aromatic rings. The van der Waals surface area contributed by atoms with Crippen molar-refractivity contribution in [3.05, 3.63) is 35.9 Å². The fraction of sp³-hybridized carbons (Fsp3) is 0.588. The van der Waals surface area contributed by atoms with Gasteiger partial charge >= 0.3 is 0 Å². The van der Waals surface area contributed by atoms with Crippen molar-refractivity contribution in [3.8, 4) is 0 Å². The number of nitrogens with one attached hydrogen (secondary N) is 1. The number of rotatable bonds is 6. The van der Waals surface area contributed by atoms with E-state index in [0.717, 1.165) is 25.7 Å². The second-order valence-electron chi connectivity index (χ2n) is 5.97. The Morgan fingerprint density at radius 2 is 1.90 bits per heavy atom. The highest BCUT2D eigenvalue weighted by molar-refractivity contribution is 5.85. The summed E-state index contributed by atoms with van der Waals surface area (Å²) in [7, 11) is 0. The molecule has 1 aromatic carbocycles. The van der Waals surface area contributed by atoms with Crippen molar-refractivity contribution in [2.75, 3.05) is 6.54 Å². The summed E-state index contributed by atoms with van der Waals surface area (Å²) in [6.45, 7) is 2.77. The van der Waals surface area contributed by atoms with E-state index in [1.807, 2.05) is 6.07 Å². The van der Waals surface area contributed by atoms with E-state index in [9.17, 15) is 4.79 Å². The van der Waals surface area contributed by atoms with Crippen LogP contribution in [0.2, 0.25) is 0 Å². The summed E-state index contributed by atoms with van der Waals surface area (Å²) < 4.78 is 0. The Balaban J connectivity index is 0.00000220. The molecule has 1 aliphatic carbocycles. The predicted octanol–water partition coefficient (Wildman–Crippen LogP) is 3.16. The molecule has 1 atom stereocenters. The van der Waals surface area contributed by atoms with Gasteiger partial charge in [-0.2, -0.15) is 0 Å². The Morgan fingerprint density at radius 1 is 1.29 bits per heavy atom. The zero-order valence-electron chi connectivity index (χ0n) is 12.8. The van der Waals surface area contributed by atoms with Gasteiger partial charge in [-0.1, -0.05) is 56.5 Å². The van der Waals surface area contributed by atoms with Gasteiger partial charge in [0.25, 0.3) is 0 Å². The van der Waals surface area contributed by atoms with E-state index in [2.05, 4.69) is 36.5 Å². The van der Waals surface area contributed by atoms with E-state index < -0.39 is 0 Å². The minimum Gasteiger partial charge on any atom is -0.354 e. The summed E-state index contributed by atoms with van der Waals surface area (Å²) >= 11 is 0. The number of carbonyl (C=O) groups is 1. The number of halogens is 1. The molecule has 2 rings (SSSR count). The molecule has 0 heterocycles. The first kappa shape index (κ1) is 18.0. The quantitative estimate of drug-likeness (QED) is 0.848. The molecule has 0 aromatic heterocycles. The Morgan fingerprint density at radius 3 is 2.48 bits per heavy atom. The molecule has 3 N–H and O–H groups in total. The van der Waals surface area contributed by atoms with Gasteiger partial charge in [0.2, 0.25) is 5.91 Å². The molecular formula is C17H27ClN2O. The molecule has 1 unspecified atom stereocenters. The smallest absolute Gasteiger partial charge is 0.236 e. The maximum atomic E-state index is 12.0. The number of hydrogen-bond acceptors (Lipinski definition) is 2. The van der Waals surface area contributed by atoms with Crippen LogP contribution in [0, 0.1) is 0 Å². The molecule has 0 saturated heterocycles. The maximum absolute atomic E-state index is 12.0.